The molecule has 11 heteroatoms. The molecule has 3 rings (SSSR count). The van der Waals surface area contributed by atoms with Gasteiger partial charge in [-0.25, -0.2) is 22.5 Å². The highest BCUT2D eigenvalue weighted by molar-refractivity contribution is 7.89. The molecule has 0 aliphatic rings. The molecule has 0 saturated heterocycles. The van der Waals surface area contributed by atoms with Crippen LogP contribution in [0.25, 0.3) is 11.0 Å². The maximum atomic E-state index is 12.9. The number of sulfonamides is 1. The fourth-order valence-corrected chi connectivity index (χ4v) is 4.10. The summed E-state index contributed by atoms with van der Waals surface area (Å²) in [6.45, 7) is 3.51. The van der Waals surface area contributed by atoms with Gasteiger partial charge in [0, 0.05) is 33.9 Å². The van der Waals surface area contributed by atoms with Crippen LogP contribution in [0, 0.1) is 13.8 Å². The summed E-state index contributed by atoms with van der Waals surface area (Å²) in [5.74, 6) is -0.600. The van der Waals surface area contributed by atoms with Crippen molar-refractivity contribution < 1.29 is 13.2 Å². The molecular weight excluding hydrogens is 422 g/mol. The number of carbonyl (C=O) groups is 1. The van der Waals surface area contributed by atoms with Crippen molar-refractivity contribution in [3.8, 4) is 0 Å². The SMILES string of the molecule is Cc1cc(S(=O)(=O)N(C)C)cc(NC(=O)c2ccc3c(=O)n(C)c(=O)n(C)c3n2)c1C. The number of benzene rings is 1. The van der Waals surface area contributed by atoms with Crippen molar-refractivity contribution in [1.29, 1.82) is 0 Å². The third-order valence-corrected chi connectivity index (χ3v) is 6.99. The average Bonchev–Trinajstić information content (AvgIpc) is 2.72. The summed E-state index contributed by atoms with van der Waals surface area (Å²) in [6, 6.07) is 5.75. The monoisotopic (exact) mass is 445 g/mol. The van der Waals surface area contributed by atoms with Crippen molar-refractivity contribution in [3.63, 3.8) is 0 Å². The maximum Gasteiger partial charge on any atom is 0.332 e. The number of hydrogen-bond donors (Lipinski definition) is 1. The Morgan fingerprint density at radius 3 is 2.32 bits per heavy atom. The Labute approximate surface area is 178 Å². The molecule has 2 heterocycles. The van der Waals surface area contributed by atoms with E-state index in [1.54, 1.807) is 19.9 Å². The van der Waals surface area contributed by atoms with E-state index < -0.39 is 27.2 Å². The predicted octanol–water partition coefficient (Wildman–Crippen LogP) is 0.752. The first-order valence-corrected chi connectivity index (χ1v) is 10.7. The summed E-state index contributed by atoms with van der Waals surface area (Å²) < 4.78 is 28.3. The van der Waals surface area contributed by atoms with Crippen molar-refractivity contribution in [2.75, 3.05) is 19.4 Å². The first kappa shape index (κ1) is 22.4. The third kappa shape index (κ3) is 3.77. The van der Waals surface area contributed by atoms with E-state index in [2.05, 4.69) is 10.3 Å². The summed E-state index contributed by atoms with van der Waals surface area (Å²) in [5.41, 5.74) is 0.710. The second-order valence-electron chi connectivity index (χ2n) is 7.43. The first-order valence-electron chi connectivity index (χ1n) is 9.28. The van der Waals surface area contributed by atoms with Gasteiger partial charge in [-0.15, -0.1) is 0 Å². The number of pyridine rings is 1. The van der Waals surface area contributed by atoms with Gasteiger partial charge in [0.15, 0.2) is 0 Å². The van der Waals surface area contributed by atoms with E-state index in [0.29, 0.717) is 16.8 Å². The molecule has 0 spiro atoms. The molecule has 0 saturated carbocycles. The zero-order chi connectivity index (χ0) is 23.2. The lowest BCUT2D eigenvalue weighted by molar-refractivity contribution is 0.102. The second-order valence-corrected chi connectivity index (χ2v) is 9.58. The van der Waals surface area contributed by atoms with Crippen molar-refractivity contribution in [1.82, 2.24) is 18.4 Å². The minimum atomic E-state index is -3.70. The number of nitrogens with one attached hydrogen (secondary N) is 1. The lowest BCUT2D eigenvalue weighted by Gasteiger charge is -2.16. The number of anilines is 1. The van der Waals surface area contributed by atoms with E-state index in [-0.39, 0.29) is 21.6 Å². The van der Waals surface area contributed by atoms with Crippen molar-refractivity contribution >= 4 is 32.7 Å². The number of aromatic nitrogens is 3. The second kappa shape index (κ2) is 7.75. The summed E-state index contributed by atoms with van der Waals surface area (Å²) in [6.07, 6.45) is 0. The highest BCUT2D eigenvalue weighted by Crippen LogP contribution is 2.26. The van der Waals surface area contributed by atoms with Gasteiger partial charge < -0.3 is 5.32 Å². The average molecular weight is 446 g/mol. The Morgan fingerprint density at radius 1 is 1.06 bits per heavy atom. The molecule has 0 aliphatic heterocycles. The zero-order valence-electron chi connectivity index (χ0n) is 18.0. The fourth-order valence-electron chi connectivity index (χ4n) is 3.08. The standard InChI is InChI=1S/C20H23N5O5S/c1-11-9-13(31(29,30)23(3)4)10-16(12(11)2)22-18(26)15-8-7-14-17(21-15)24(5)20(28)25(6)19(14)27/h7-10H,1-6H3,(H,22,26). The van der Waals surface area contributed by atoms with Gasteiger partial charge in [0.25, 0.3) is 11.5 Å². The van der Waals surface area contributed by atoms with Gasteiger partial charge in [0.2, 0.25) is 10.0 Å². The van der Waals surface area contributed by atoms with Crippen LogP contribution in [-0.2, 0) is 24.1 Å². The van der Waals surface area contributed by atoms with Crippen LogP contribution in [0.5, 0.6) is 0 Å². The first-order chi connectivity index (χ1) is 14.4. The van der Waals surface area contributed by atoms with Crippen molar-refractivity contribution in [2.45, 2.75) is 18.7 Å². The number of nitrogens with zero attached hydrogens (tertiary/aromatic N) is 4. The topological polar surface area (TPSA) is 123 Å². The summed E-state index contributed by atoms with van der Waals surface area (Å²) >= 11 is 0. The molecule has 2 aromatic heterocycles. The van der Waals surface area contributed by atoms with E-state index in [4.69, 9.17) is 0 Å². The zero-order valence-corrected chi connectivity index (χ0v) is 18.9. The minimum absolute atomic E-state index is 0.0197. The molecule has 3 aromatic rings. The maximum absolute atomic E-state index is 12.9. The highest BCUT2D eigenvalue weighted by atomic mass is 32.2. The van der Waals surface area contributed by atoms with E-state index >= 15 is 0 Å². The lowest BCUT2D eigenvalue weighted by atomic mass is 10.1. The number of amides is 1. The van der Waals surface area contributed by atoms with Crippen LogP contribution >= 0.6 is 0 Å². The number of carbonyl (C=O) groups excluding carboxylic acids is 1. The Balaban J connectivity index is 2.08. The Bertz CT molecular complexity index is 1450. The Kier molecular flexibility index (Phi) is 5.59. The van der Waals surface area contributed by atoms with E-state index in [9.17, 15) is 22.8 Å². The third-order valence-electron chi connectivity index (χ3n) is 5.20. The molecule has 0 unspecified atom stereocenters. The molecule has 0 atom stereocenters. The molecule has 1 aromatic carbocycles. The number of rotatable bonds is 4. The molecule has 1 N–H and O–H groups in total. The van der Waals surface area contributed by atoms with Crippen LogP contribution in [0.15, 0.2) is 38.8 Å². The van der Waals surface area contributed by atoms with Gasteiger partial charge in [-0.1, -0.05) is 0 Å². The number of hydrogen-bond acceptors (Lipinski definition) is 6. The van der Waals surface area contributed by atoms with Crippen LogP contribution in [0.1, 0.15) is 21.6 Å². The van der Waals surface area contributed by atoms with E-state index in [0.717, 1.165) is 8.87 Å². The predicted molar refractivity (Wildman–Crippen MR) is 117 cm³/mol. The largest absolute Gasteiger partial charge is 0.332 e. The molecule has 0 radical (unpaired) electrons. The molecule has 10 nitrogen and oxygen atoms in total. The van der Waals surface area contributed by atoms with E-state index in [1.807, 2.05) is 0 Å². The molecule has 0 aliphatic carbocycles. The van der Waals surface area contributed by atoms with Crippen LogP contribution in [0.4, 0.5) is 5.69 Å². The van der Waals surface area contributed by atoms with Crippen LogP contribution in [0.3, 0.4) is 0 Å². The fraction of sp³-hybridized carbons (Fsp3) is 0.300. The van der Waals surface area contributed by atoms with Gasteiger partial charge in [0.1, 0.15) is 11.3 Å². The van der Waals surface area contributed by atoms with Gasteiger partial charge in [0.05, 0.1) is 10.3 Å². The highest BCUT2D eigenvalue weighted by Gasteiger charge is 2.21. The van der Waals surface area contributed by atoms with Crippen molar-refractivity contribution in [2.24, 2.45) is 14.1 Å². The summed E-state index contributed by atoms with van der Waals surface area (Å²) in [5, 5.41) is 2.89. The van der Waals surface area contributed by atoms with E-state index in [1.165, 1.54) is 51.0 Å². The van der Waals surface area contributed by atoms with Crippen LogP contribution in [-0.4, -0.2) is 46.8 Å². The van der Waals surface area contributed by atoms with Crippen LogP contribution < -0.4 is 16.6 Å². The number of fused-ring (bicyclic) bond motifs is 1. The van der Waals surface area contributed by atoms with Gasteiger partial charge >= 0.3 is 5.69 Å². The molecule has 0 bridgehead atoms. The quantitative estimate of drug-likeness (QED) is 0.632. The number of aryl methyl sites for hydroxylation is 2. The molecular formula is C20H23N5O5S. The molecule has 164 valence electrons. The normalized spacial score (nSPS) is 11.8. The molecule has 0 fully saturated rings. The summed E-state index contributed by atoms with van der Waals surface area (Å²) in [7, 11) is 1.98. The smallest absolute Gasteiger partial charge is 0.320 e. The van der Waals surface area contributed by atoms with Crippen LogP contribution in [0.2, 0.25) is 0 Å². The van der Waals surface area contributed by atoms with Gasteiger partial charge in [-0.2, -0.15) is 0 Å². The lowest BCUT2D eigenvalue weighted by Crippen LogP contribution is -2.37. The Hall–Kier alpha value is -3.31. The minimum Gasteiger partial charge on any atom is -0.320 e. The van der Waals surface area contributed by atoms with Crippen molar-refractivity contribution in [3.05, 3.63) is 61.9 Å². The summed E-state index contributed by atoms with van der Waals surface area (Å²) in [4.78, 5) is 41.6. The Morgan fingerprint density at radius 2 is 1.71 bits per heavy atom. The molecule has 1 amide bonds. The van der Waals surface area contributed by atoms with Gasteiger partial charge in [-0.05, 0) is 49.2 Å². The molecule has 31 heavy (non-hydrogen) atoms. The van der Waals surface area contributed by atoms with Gasteiger partial charge in [-0.3, -0.25) is 18.7 Å².